The van der Waals surface area contributed by atoms with Crippen molar-refractivity contribution in [3.8, 4) is 5.75 Å². The molecule has 0 spiro atoms. The second-order valence-electron chi connectivity index (χ2n) is 6.54. The molecule has 0 saturated heterocycles. The Labute approximate surface area is 184 Å². The van der Waals surface area contributed by atoms with Crippen molar-refractivity contribution in [2.45, 2.75) is 19.8 Å². The Morgan fingerprint density at radius 1 is 1.35 bits per heavy atom. The van der Waals surface area contributed by atoms with Crippen LogP contribution in [-0.2, 0) is 11.2 Å². The van der Waals surface area contributed by atoms with E-state index in [1.807, 2.05) is 6.92 Å². The highest BCUT2D eigenvalue weighted by atomic mass is 79.9. The van der Waals surface area contributed by atoms with Crippen LogP contribution < -0.4 is 16.0 Å². The van der Waals surface area contributed by atoms with Gasteiger partial charge in [0.05, 0.1) is 22.0 Å². The fourth-order valence-corrected chi connectivity index (χ4v) is 3.21. The van der Waals surface area contributed by atoms with Crippen molar-refractivity contribution in [2.75, 3.05) is 6.61 Å². The number of aryl methyl sites for hydroxylation is 1. The van der Waals surface area contributed by atoms with Crippen LogP contribution in [0.2, 0.25) is 0 Å². The van der Waals surface area contributed by atoms with Crippen molar-refractivity contribution in [1.82, 2.24) is 9.66 Å². The van der Waals surface area contributed by atoms with Gasteiger partial charge in [-0.1, -0.05) is 22.9 Å². The van der Waals surface area contributed by atoms with Gasteiger partial charge in [-0.25, -0.2) is 4.98 Å². The molecule has 0 bridgehead atoms. The van der Waals surface area contributed by atoms with Crippen LogP contribution in [0.1, 0.15) is 24.7 Å². The smallest absolute Gasteiger partial charge is 0.311 e. The van der Waals surface area contributed by atoms with Gasteiger partial charge in [0.25, 0.3) is 11.5 Å². The third kappa shape index (κ3) is 5.12. The van der Waals surface area contributed by atoms with Crippen molar-refractivity contribution in [1.29, 1.82) is 0 Å². The number of fused-ring (bicyclic) bond motifs is 1. The van der Waals surface area contributed by atoms with E-state index < -0.39 is 17.4 Å². The number of ether oxygens (including phenoxy) is 1. The zero-order valence-electron chi connectivity index (χ0n) is 16.4. The van der Waals surface area contributed by atoms with Crippen LogP contribution >= 0.6 is 15.9 Å². The Bertz CT molecular complexity index is 1250. The van der Waals surface area contributed by atoms with Crippen molar-refractivity contribution >= 4 is 44.6 Å². The summed E-state index contributed by atoms with van der Waals surface area (Å²) in [6.07, 6.45) is 2.61. The first kappa shape index (κ1) is 22.1. The maximum atomic E-state index is 13.0. The molecule has 1 aromatic heterocycles. The molecular weight excluding hydrogens is 470 g/mol. The molecule has 0 radical (unpaired) electrons. The molecule has 0 aliphatic heterocycles. The molecule has 0 aliphatic rings. The van der Waals surface area contributed by atoms with Gasteiger partial charge in [0.15, 0.2) is 12.4 Å². The number of nitrogens with two attached hydrogens (primary N) is 1. The molecular formula is C20H18BrN5O5. The largest absolute Gasteiger partial charge is 0.477 e. The molecule has 0 aliphatic carbocycles. The number of amides is 1. The highest BCUT2D eigenvalue weighted by molar-refractivity contribution is 9.10. The van der Waals surface area contributed by atoms with E-state index >= 15 is 0 Å². The predicted octanol–water partition coefficient (Wildman–Crippen LogP) is 2.77. The molecule has 2 aromatic carbocycles. The summed E-state index contributed by atoms with van der Waals surface area (Å²) >= 11 is 3.35. The first-order chi connectivity index (χ1) is 14.8. The molecule has 1 heterocycles. The Hall–Kier alpha value is -3.60. The number of carbonyl (C=O) groups is 1. The van der Waals surface area contributed by atoms with Crippen LogP contribution in [0.5, 0.6) is 5.75 Å². The van der Waals surface area contributed by atoms with E-state index in [1.54, 1.807) is 18.2 Å². The summed E-state index contributed by atoms with van der Waals surface area (Å²) in [5, 5.41) is 16.0. The minimum atomic E-state index is -0.752. The van der Waals surface area contributed by atoms with Gasteiger partial charge >= 0.3 is 5.69 Å². The van der Waals surface area contributed by atoms with Crippen LogP contribution in [-0.4, -0.2) is 33.3 Å². The quantitative estimate of drug-likeness (QED) is 0.294. The van der Waals surface area contributed by atoms with Crippen molar-refractivity contribution < 1.29 is 14.5 Å². The lowest BCUT2D eigenvalue weighted by atomic mass is 10.2. The van der Waals surface area contributed by atoms with Crippen molar-refractivity contribution in [3.63, 3.8) is 0 Å². The summed E-state index contributed by atoms with van der Waals surface area (Å²) in [6.45, 7) is 1.47. The Balaban J connectivity index is 2.04. The molecule has 0 atom stereocenters. The topological polar surface area (TPSA) is 143 Å². The number of primary amides is 1. The number of carbonyl (C=O) groups excluding carboxylic acids is 1. The van der Waals surface area contributed by atoms with Gasteiger partial charge in [0.2, 0.25) is 0 Å². The van der Waals surface area contributed by atoms with Crippen LogP contribution in [0, 0.1) is 10.1 Å². The first-order valence-corrected chi connectivity index (χ1v) is 10.0. The first-order valence-electron chi connectivity index (χ1n) is 9.25. The molecule has 11 heteroatoms. The Morgan fingerprint density at radius 3 is 2.81 bits per heavy atom. The Kier molecular flexibility index (Phi) is 6.75. The molecule has 160 valence electrons. The SMILES string of the molecule is CCCc1nc2ccc(Br)cc2c(=O)n1N=Cc1ccc(OCC(N)=O)c([N+](=O)[O-])c1. The van der Waals surface area contributed by atoms with E-state index in [0.29, 0.717) is 28.7 Å². The Morgan fingerprint density at radius 2 is 2.13 bits per heavy atom. The number of aromatic nitrogens is 2. The van der Waals surface area contributed by atoms with Gasteiger partial charge in [-0.3, -0.25) is 19.7 Å². The predicted molar refractivity (Wildman–Crippen MR) is 118 cm³/mol. The normalized spacial score (nSPS) is 11.2. The zero-order valence-corrected chi connectivity index (χ0v) is 18.0. The summed E-state index contributed by atoms with van der Waals surface area (Å²) in [6, 6.07) is 9.31. The van der Waals surface area contributed by atoms with Crippen LogP contribution in [0.25, 0.3) is 10.9 Å². The fourth-order valence-electron chi connectivity index (χ4n) is 2.85. The van der Waals surface area contributed by atoms with E-state index in [0.717, 1.165) is 10.9 Å². The highest BCUT2D eigenvalue weighted by Crippen LogP contribution is 2.27. The van der Waals surface area contributed by atoms with E-state index in [9.17, 15) is 19.7 Å². The lowest BCUT2D eigenvalue weighted by molar-refractivity contribution is -0.385. The summed E-state index contributed by atoms with van der Waals surface area (Å²) in [5.41, 5.74) is 5.24. The van der Waals surface area contributed by atoms with Gasteiger partial charge in [-0.2, -0.15) is 9.78 Å². The number of benzene rings is 2. The van der Waals surface area contributed by atoms with Crippen molar-refractivity contribution in [2.24, 2.45) is 10.8 Å². The van der Waals surface area contributed by atoms with E-state index in [-0.39, 0.29) is 17.0 Å². The highest BCUT2D eigenvalue weighted by Gasteiger charge is 2.17. The lowest BCUT2D eigenvalue weighted by Gasteiger charge is -2.09. The van der Waals surface area contributed by atoms with Crippen LogP contribution in [0.4, 0.5) is 5.69 Å². The second-order valence-corrected chi connectivity index (χ2v) is 7.46. The summed E-state index contributed by atoms with van der Waals surface area (Å²) < 4.78 is 7.01. The van der Waals surface area contributed by atoms with Gasteiger partial charge in [-0.05, 0) is 36.8 Å². The number of hydrogen-bond donors (Lipinski definition) is 1. The average Bonchev–Trinajstić information content (AvgIpc) is 2.73. The summed E-state index contributed by atoms with van der Waals surface area (Å²) in [4.78, 5) is 39.1. The number of nitro benzene ring substituents is 1. The minimum Gasteiger partial charge on any atom is -0.477 e. The molecule has 0 saturated carbocycles. The van der Waals surface area contributed by atoms with E-state index in [2.05, 4.69) is 26.0 Å². The summed E-state index contributed by atoms with van der Waals surface area (Å²) in [7, 11) is 0. The standard InChI is InChI=1S/C20H18BrN5O5/c1-2-3-19-24-15-6-5-13(21)9-14(15)20(28)25(19)23-10-12-4-7-17(31-11-18(22)27)16(8-12)26(29)30/h4-10H,2-3,11H2,1H3,(H2,22,27). The van der Waals surface area contributed by atoms with Crippen molar-refractivity contribution in [3.05, 3.63) is 72.7 Å². The number of halogens is 1. The second kappa shape index (κ2) is 9.47. The molecule has 31 heavy (non-hydrogen) atoms. The average molecular weight is 488 g/mol. The molecule has 0 fully saturated rings. The minimum absolute atomic E-state index is 0.0954. The number of nitro groups is 1. The molecule has 3 rings (SSSR count). The number of nitrogens with zero attached hydrogens (tertiary/aromatic N) is 4. The maximum absolute atomic E-state index is 13.0. The maximum Gasteiger partial charge on any atom is 0.311 e. The van der Waals surface area contributed by atoms with Crippen LogP contribution in [0.3, 0.4) is 0 Å². The lowest BCUT2D eigenvalue weighted by Crippen LogP contribution is -2.22. The summed E-state index contributed by atoms with van der Waals surface area (Å²) in [5.74, 6) is -0.366. The van der Waals surface area contributed by atoms with Gasteiger partial charge in [0.1, 0.15) is 5.82 Å². The van der Waals surface area contributed by atoms with Gasteiger partial charge in [0, 0.05) is 22.5 Å². The molecule has 2 N–H and O–H groups in total. The number of rotatable bonds is 8. The molecule has 3 aromatic rings. The molecule has 1 amide bonds. The van der Waals surface area contributed by atoms with Gasteiger partial charge in [-0.15, -0.1) is 0 Å². The van der Waals surface area contributed by atoms with E-state index in [1.165, 1.54) is 29.1 Å². The fraction of sp³-hybridized carbons (Fsp3) is 0.200. The third-order valence-electron chi connectivity index (χ3n) is 4.22. The third-order valence-corrected chi connectivity index (χ3v) is 4.71. The number of hydrogen-bond acceptors (Lipinski definition) is 7. The van der Waals surface area contributed by atoms with Crippen LogP contribution in [0.15, 0.2) is 50.8 Å². The van der Waals surface area contributed by atoms with E-state index in [4.69, 9.17) is 10.5 Å². The monoisotopic (exact) mass is 487 g/mol. The molecule has 0 unspecified atom stereocenters. The molecule has 10 nitrogen and oxygen atoms in total. The zero-order chi connectivity index (χ0) is 22.5. The van der Waals surface area contributed by atoms with Gasteiger partial charge < -0.3 is 10.5 Å².